The smallest absolute Gasteiger partial charge is 0.271 e. The average molecular weight is 436 g/mol. The van der Waals surface area contributed by atoms with Gasteiger partial charge in [0.1, 0.15) is 18.0 Å². The number of sulfonamides is 1. The minimum atomic E-state index is -3.93. The fraction of sp³-hybridized carbons (Fsp3) is 0.350. The van der Waals surface area contributed by atoms with E-state index < -0.39 is 27.4 Å². The molecule has 30 heavy (non-hydrogen) atoms. The number of nitro groups is 1. The largest absolute Gasteiger partial charge is 0.495 e. The highest BCUT2D eigenvalue weighted by Crippen LogP contribution is 2.33. The summed E-state index contributed by atoms with van der Waals surface area (Å²) in [5.74, 6) is -0.456. The molecule has 1 N–H and O–H groups in total. The molecular weight excluding hydrogens is 410 g/mol. The van der Waals surface area contributed by atoms with E-state index in [-0.39, 0.29) is 23.2 Å². The van der Waals surface area contributed by atoms with Crippen LogP contribution in [-0.2, 0) is 14.8 Å². The van der Waals surface area contributed by atoms with Crippen LogP contribution >= 0.6 is 0 Å². The molecule has 0 saturated carbocycles. The van der Waals surface area contributed by atoms with Gasteiger partial charge in [-0.3, -0.25) is 19.2 Å². The Hall–Kier alpha value is -3.14. The summed E-state index contributed by atoms with van der Waals surface area (Å²) in [5.41, 5.74) is 2.61. The van der Waals surface area contributed by atoms with Gasteiger partial charge >= 0.3 is 0 Å². The van der Waals surface area contributed by atoms with Gasteiger partial charge in [0.05, 0.1) is 24.3 Å². The van der Waals surface area contributed by atoms with Crippen molar-refractivity contribution in [1.82, 2.24) is 5.32 Å². The van der Waals surface area contributed by atoms with E-state index in [2.05, 4.69) is 5.32 Å². The van der Waals surface area contributed by atoms with Gasteiger partial charge in [-0.2, -0.15) is 0 Å². The summed E-state index contributed by atoms with van der Waals surface area (Å²) in [6, 6.07) is 9.05. The molecule has 0 aromatic heterocycles. The van der Waals surface area contributed by atoms with Gasteiger partial charge < -0.3 is 10.1 Å². The third-order valence-electron chi connectivity index (χ3n) is 4.60. The second kappa shape index (κ2) is 9.12. The van der Waals surface area contributed by atoms with Crippen LogP contribution in [0.1, 0.15) is 29.7 Å². The molecule has 9 nitrogen and oxygen atoms in total. The SMILES string of the molecule is COc1ccc([N+](=O)[O-])cc1N(CC(=O)N[C@H](C)c1ccc(C)cc1C)S(C)(=O)=O. The van der Waals surface area contributed by atoms with Crippen molar-refractivity contribution in [2.24, 2.45) is 0 Å². The van der Waals surface area contributed by atoms with Crippen molar-refractivity contribution in [3.63, 3.8) is 0 Å². The summed E-state index contributed by atoms with van der Waals surface area (Å²) < 4.78 is 30.7. The van der Waals surface area contributed by atoms with Gasteiger partial charge in [-0.15, -0.1) is 0 Å². The summed E-state index contributed by atoms with van der Waals surface area (Å²) in [6.45, 7) is 5.15. The number of nitrogens with one attached hydrogen (secondary N) is 1. The zero-order valence-electron chi connectivity index (χ0n) is 17.5. The van der Waals surface area contributed by atoms with E-state index >= 15 is 0 Å². The van der Waals surface area contributed by atoms with Crippen molar-refractivity contribution in [3.8, 4) is 5.75 Å². The van der Waals surface area contributed by atoms with Crippen molar-refractivity contribution in [3.05, 3.63) is 63.2 Å². The Labute approximate surface area is 175 Å². The number of non-ortho nitro benzene ring substituents is 1. The fourth-order valence-corrected chi connectivity index (χ4v) is 4.03. The number of anilines is 1. The number of benzene rings is 2. The molecule has 2 aromatic carbocycles. The van der Waals surface area contributed by atoms with Crippen LogP contribution in [0.2, 0.25) is 0 Å². The number of nitro benzene ring substituents is 1. The number of nitrogens with zero attached hydrogens (tertiary/aromatic N) is 2. The van der Waals surface area contributed by atoms with Crippen LogP contribution < -0.4 is 14.4 Å². The highest BCUT2D eigenvalue weighted by atomic mass is 32.2. The fourth-order valence-electron chi connectivity index (χ4n) is 3.17. The van der Waals surface area contributed by atoms with E-state index in [4.69, 9.17) is 4.74 Å². The van der Waals surface area contributed by atoms with Crippen molar-refractivity contribution >= 4 is 27.3 Å². The Morgan fingerprint density at radius 1 is 1.23 bits per heavy atom. The molecule has 0 saturated heterocycles. The maximum atomic E-state index is 12.7. The van der Waals surface area contributed by atoms with E-state index in [9.17, 15) is 23.3 Å². The normalized spacial score (nSPS) is 12.2. The van der Waals surface area contributed by atoms with E-state index in [0.29, 0.717) is 0 Å². The molecule has 0 heterocycles. The van der Waals surface area contributed by atoms with Crippen LogP contribution in [-0.4, -0.2) is 39.2 Å². The van der Waals surface area contributed by atoms with Gasteiger partial charge in [0, 0.05) is 12.1 Å². The van der Waals surface area contributed by atoms with Gasteiger partial charge in [0.15, 0.2) is 0 Å². The first-order valence-electron chi connectivity index (χ1n) is 9.10. The minimum Gasteiger partial charge on any atom is -0.495 e. The highest BCUT2D eigenvalue weighted by molar-refractivity contribution is 7.92. The lowest BCUT2D eigenvalue weighted by atomic mass is 10.0. The number of ether oxygens (including phenoxy) is 1. The first kappa shape index (κ1) is 23.1. The third kappa shape index (κ3) is 5.47. The lowest BCUT2D eigenvalue weighted by Gasteiger charge is -2.25. The second-order valence-electron chi connectivity index (χ2n) is 7.03. The summed E-state index contributed by atoms with van der Waals surface area (Å²) in [5, 5.41) is 13.9. The Morgan fingerprint density at radius 3 is 2.43 bits per heavy atom. The predicted molar refractivity (Wildman–Crippen MR) is 114 cm³/mol. The van der Waals surface area contributed by atoms with Crippen LogP contribution in [0.25, 0.3) is 0 Å². The molecule has 0 aliphatic heterocycles. The zero-order valence-corrected chi connectivity index (χ0v) is 18.3. The molecule has 162 valence electrons. The summed E-state index contributed by atoms with van der Waals surface area (Å²) in [7, 11) is -2.62. The number of methoxy groups -OCH3 is 1. The Bertz CT molecular complexity index is 1070. The van der Waals surface area contributed by atoms with E-state index in [1.807, 2.05) is 32.0 Å². The average Bonchev–Trinajstić information content (AvgIpc) is 2.64. The number of amides is 1. The second-order valence-corrected chi connectivity index (χ2v) is 8.94. The van der Waals surface area contributed by atoms with Crippen LogP contribution in [0.4, 0.5) is 11.4 Å². The molecular formula is C20H25N3O6S. The molecule has 0 aliphatic rings. The Balaban J connectivity index is 2.33. The van der Waals surface area contributed by atoms with Gasteiger partial charge in [-0.1, -0.05) is 23.8 Å². The maximum absolute atomic E-state index is 12.7. The Kier molecular flexibility index (Phi) is 7.04. The molecule has 1 atom stereocenters. The van der Waals surface area contributed by atoms with Crippen LogP contribution in [0.15, 0.2) is 36.4 Å². The summed E-state index contributed by atoms with van der Waals surface area (Å²) in [6.07, 6.45) is 0.923. The lowest BCUT2D eigenvalue weighted by Crippen LogP contribution is -2.41. The van der Waals surface area contributed by atoms with Crippen molar-refractivity contribution in [2.45, 2.75) is 26.8 Å². The van der Waals surface area contributed by atoms with Gasteiger partial charge in [-0.05, 0) is 38.0 Å². The molecule has 0 bridgehead atoms. The number of aryl methyl sites for hydroxylation is 2. The molecule has 0 fully saturated rings. The van der Waals surface area contributed by atoms with E-state index in [1.165, 1.54) is 19.2 Å². The molecule has 0 spiro atoms. The predicted octanol–water partition coefficient (Wildman–Crippen LogP) is 2.86. The molecule has 10 heteroatoms. The van der Waals surface area contributed by atoms with Gasteiger partial charge in [0.25, 0.3) is 5.69 Å². The van der Waals surface area contributed by atoms with Crippen molar-refractivity contribution in [2.75, 3.05) is 24.2 Å². The summed E-state index contributed by atoms with van der Waals surface area (Å²) >= 11 is 0. The van der Waals surface area contributed by atoms with Gasteiger partial charge in [0.2, 0.25) is 15.9 Å². The standard InChI is InChI=1S/C20H25N3O6S/c1-13-6-8-17(14(2)10-13)15(3)21-20(24)12-22(30(5,27)28)18-11-16(23(25)26)7-9-19(18)29-4/h6-11,15H,12H2,1-5H3,(H,21,24)/t15-/m1/s1. The van der Waals surface area contributed by atoms with Gasteiger partial charge in [-0.25, -0.2) is 8.42 Å². The quantitative estimate of drug-likeness (QED) is 0.503. The lowest BCUT2D eigenvalue weighted by molar-refractivity contribution is -0.384. The molecule has 0 radical (unpaired) electrons. The minimum absolute atomic E-state index is 0.0801. The van der Waals surface area contributed by atoms with E-state index in [1.54, 1.807) is 6.92 Å². The highest BCUT2D eigenvalue weighted by Gasteiger charge is 2.27. The number of carbonyl (C=O) groups excluding carboxylic acids is 1. The van der Waals surface area contributed by atoms with Crippen molar-refractivity contribution < 1.29 is 22.9 Å². The maximum Gasteiger partial charge on any atom is 0.271 e. The number of hydrogen-bond donors (Lipinski definition) is 1. The zero-order chi connectivity index (χ0) is 22.6. The number of rotatable bonds is 8. The van der Waals surface area contributed by atoms with Crippen LogP contribution in [0, 0.1) is 24.0 Å². The molecule has 1 amide bonds. The monoisotopic (exact) mass is 435 g/mol. The first-order chi connectivity index (χ1) is 13.9. The number of carbonyl (C=O) groups is 1. The van der Waals surface area contributed by atoms with E-state index in [0.717, 1.165) is 33.3 Å². The van der Waals surface area contributed by atoms with Crippen LogP contribution in [0.5, 0.6) is 5.75 Å². The Morgan fingerprint density at radius 2 is 1.90 bits per heavy atom. The third-order valence-corrected chi connectivity index (χ3v) is 5.73. The molecule has 2 rings (SSSR count). The number of hydrogen-bond acceptors (Lipinski definition) is 6. The van der Waals surface area contributed by atoms with Crippen molar-refractivity contribution in [1.29, 1.82) is 0 Å². The topological polar surface area (TPSA) is 119 Å². The summed E-state index contributed by atoms with van der Waals surface area (Å²) in [4.78, 5) is 23.1. The molecule has 2 aromatic rings. The first-order valence-corrected chi connectivity index (χ1v) is 11.0. The van der Waals surface area contributed by atoms with Crippen LogP contribution in [0.3, 0.4) is 0 Å². The molecule has 0 unspecified atom stereocenters. The molecule has 0 aliphatic carbocycles.